The summed E-state index contributed by atoms with van der Waals surface area (Å²) in [5.41, 5.74) is 0.268. The van der Waals surface area contributed by atoms with Crippen LogP contribution in [0.15, 0.2) is 12.1 Å². The Morgan fingerprint density at radius 2 is 1.81 bits per heavy atom. The van der Waals surface area contributed by atoms with Gasteiger partial charge in [-0.2, -0.15) is 11.8 Å². The highest BCUT2D eigenvalue weighted by Crippen LogP contribution is 2.36. The molecule has 37 heavy (non-hydrogen) atoms. The zero-order valence-corrected chi connectivity index (χ0v) is 21.9. The molecule has 0 saturated heterocycles. The summed E-state index contributed by atoms with van der Waals surface area (Å²) in [6, 6.07) is 2.12. The van der Waals surface area contributed by atoms with Gasteiger partial charge in [0, 0.05) is 23.5 Å². The number of methoxy groups -OCH3 is 1. The summed E-state index contributed by atoms with van der Waals surface area (Å²) < 4.78 is 27.0. The van der Waals surface area contributed by atoms with E-state index in [2.05, 4.69) is 5.32 Å². The molecule has 2 heterocycles. The maximum Gasteiger partial charge on any atom is 0.277 e. The third kappa shape index (κ3) is 11.6. The average Bonchev–Trinajstić information content (AvgIpc) is 2.89. The van der Waals surface area contributed by atoms with Gasteiger partial charge >= 0.3 is 0 Å². The molecule has 208 valence electrons. The number of nitro benzene ring substituents is 1. The summed E-state index contributed by atoms with van der Waals surface area (Å²) in [5.74, 6) is 0.487. The molecule has 0 saturated carbocycles. The predicted octanol–water partition coefficient (Wildman–Crippen LogP) is 2.04. The molecule has 1 N–H and O–H groups in total. The fraction of sp³-hybridized carbons (Fsp3) is 0.652. The molecule has 2 bridgehead atoms. The maximum absolute atomic E-state index is 12.4. The highest BCUT2D eigenvalue weighted by atomic mass is 32.2. The molecule has 0 aromatic heterocycles. The van der Waals surface area contributed by atoms with Gasteiger partial charge in [0.1, 0.15) is 6.61 Å². The number of nitrogens with zero attached hydrogens (tertiary/aromatic N) is 1. The first-order valence-corrected chi connectivity index (χ1v) is 13.0. The lowest BCUT2D eigenvalue weighted by Gasteiger charge is -2.17. The summed E-state index contributed by atoms with van der Waals surface area (Å²) in [5, 5.41) is 14.4. The molecular weight excluding hydrogens is 512 g/mol. The molecule has 2 aliphatic heterocycles. The Morgan fingerprint density at radius 1 is 1.11 bits per heavy atom. The third-order valence-electron chi connectivity index (χ3n) is 5.03. The van der Waals surface area contributed by atoms with Crippen molar-refractivity contribution in [1.82, 2.24) is 5.32 Å². The summed E-state index contributed by atoms with van der Waals surface area (Å²) >= 11 is 1.29. The average molecular weight is 547 g/mol. The van der Waals surface area contributed by atoms with Gasteiger partial charge in [-0.15, -0.1) is 0 Å². The van der Waals surface area contributed by atoms with Gasteiger partial charge in [0.2, 0.25) is 5.91 Å². The van der Waals surface area contributed by atoms with Crippen molar-refractivity contribution in [2.75, 3.05) is 65.9 Å². The number of hydrogen-bond acceptors (Lipinski definition) is 12. The molecule has 13 nitrogen and oxygen atoms in total. The van der Waals surface area contributed by atoms with Crippen LogP contribution in [0.25, 0.3) is 0 Å². The lowest BCUT2D eigenvalue weighted by molar-refractivity contribution is -0.385. The lowest BCUT2D eigenvalue weighted by Crippen LogP contribution is -2.42. The van der Waals surface area contributed by atoms with Gasteiger partial charge in [-0.3, -0.25) is 19.7 Å². The van der Waals surface area contributed by atoms with Crippen molar-refractivity contribution in [3.8, 4) is 11.5 Å². The van der Waals surface area contributed by atoms with Gasteiger partial charge in [0.25, 0.3) is 5.69 Å². The summed E-state index contributed by atoms with van der Waals surface area (Å²) in [4.78, 5) is 45.7. The molecule has 0 aliphatic carbocycles. The Morgan fingerprint density at radius 3 is 2.49 bits per heavy atom. The van der Waals surface area contributed by atoms with E-state index in [4.69, 9.17) is 33.5 Å². The fourth-order valence-corrected chi connectivity index (χ4v) is 4.21. The Labute approximate surface area is 219 Å². The number of nitro groups is 1. The van der Waals surface area contributed by atoms with E-state index in [1.165, 1.54) is 24.9 Å². The van der Waals surface area contributed by atoms with Gasteiger partial charge < -0.3 is 29.0 Å². The molecule has 3 rings (SSSR count). The largest absolute Gasteiger partial charge is 0.493 e. The van der Waals surface area contributed by atoms with E-state index < -0.39 is 11.0 Å². The minimum absolute atomic E-state index is 0.0224. The maximum atomic E-state index is 12.4. The molecular formula is C23H34N2O11S. The zero-order chi connectivity index (χ0) is 26.9. The Hall–Kier alpha value is -2.49. The number of benzene rings is 1. The second kappa shape index (κ2) is 17.9. The summed E-state index contributed by atoms with van der Waals surface area (Å²) in [7, 11) is 1.44. The highest BCUT2D eigenvalue weighted by Gasteiger charge is 2.23. The van der Waals surface area contributed by atoms with Gasteiger partial charge in [-0.05, 0) is 6.07 Å². The molecule has 1 unspecified atom stereocenters. The first-order valence-electron chi connectivity index (χ1n) is 11.8. The van der Waals surface area contributed by atoms with Crippen LogP contribution in [0, 0.1) is 10.1 Å². The van der Waals surface area contributed by atoms with Gasteiger partial charge in [-0.25, -0.2) is 9.78 Å². The quantitative estimate of drug-likeness (QED) is 0.254. The van der Waals surface area contributed by atoms with E-state index in [1.54, 1.807) is 13.0 Å². The van der Waals surface area contributed by atoms with Crippen LogP contribution in [-0.2, 0) is 39.3 Å². The third-order valence-corrected chi connectivity index (χ3v) is 6.12. The number of rotatable bonds is 4. The number of amides is 1. The molecule has 0 fully saturated rings. The van der Waals surface area contributed by atoms with E-state index in [0.717, 1.165) is 0 Å². The SMILES string of the molecule is CCC(=O)C1CSCc2cc(OC)c(cc2[N+](=O)[O-])OCCOCCOCCOCOOCCC(=O)N1. The molecule has 0 spiro atoms. The van der Waals surface area contributed by atoms with Crippen LogP contribution in [0.2, 0.25) is 0 Å². The molecule has 2 aliphatic rings. The Balaban J connectivity index is 2.11. The van der Waals surface area contributed by atoms with E-state index in [1.807, 2.05) is 0 Å². The monoisotopic (exact) mass is 546 g/mol. The van der Waals surface area contributed by atoms with Crippen molar-refractivity contribution >= 4 is 29.1 Å². The van der Waals surface area contributed by atoms with Crippen molar-refractivity contribution in [3.05, 3.63) is 27.8 Å². The fourth-order valence-electron chi connectivity index (χ4n) is 3.13. The molecule has 1 aromatic carbocycles. The van der Waals surface area contributed by atoms with Crippen LogP contribution in [0.4, 0.5) is 5.69 Å². The standard InChI is InChI=1S/C23H34N2O11S/c1-3-20(26)18-15-37-14-17-12-21(30-2)22(13-19(17)25(28)29)34-11-10-32-7-6-31-8-9-33-16-36-35-5-4-23(27)24-18/h12-13,18H,3-11,14-16H2,1-2H3,(H,24,27). The van der Waals surface area contributed by atoms with Crippen molar-refractivity contribution in [1.29, 1.82) is 0 Å². The molecule has 0 radical (unpaired) electrons. The van der Waals surface area contributed by atoms with E-state index in [-0.39, 0.29) is 80.7 Å². The Bertz CT molecular complexity index is 871. The minimum Gasteiger partial charge on any atom is -0.493 e. The number of thioether (sulfide) groups is 1. The molecule has 1 atom stereocenters. The summed E-state index contributed by atoms with van der Waals surface area (Å²) in [6.45, 7) is 3.24. The van der Waals surface area contributed by atoms with Crippen molar-refractivity contribution < 1.29 is 48.0 Å². The molecule has 14 heteroatoms. The number of ketones is 1. The number of carbonyl (C=O) groups is 2. The number of fused-ring (bicyclic) bond motifs is 22. The van der Waals surface area contributed by atoms with Crippen LogP contribution >= 0.6 is 11.8 Å². The minimum atomic E-state index is -0.746. The van der Waals surface area contributed by atoms with Gasteiger partial charge in [-0.1, -0.05) is 6.92 Å². The van der Waals surface area contributed by atoms with Gasteiger partial charge in [0.05, 0.1) is 70.2 Å². The normalized spacial score (nSPS) is 20.1. The number of nitrogens with one attached hydrogen (secondary N) is 1. The van der Waals surface area contributed by atoms with Crippen molar-refractivity contribution in [2.45, 2.75) is 31.6 Å². The van der Waals surface area contributed by atoms with Crippen LogP contribution in [0.1, 0.15) is 25.3 Å². The number of hydrogen-bond donors (Lipinski definition) is 1. The first kappa shape index (κ1) is 30.7. The Kier molecular flexibility index (Phi) is 14.8. The topological polar surface area (TPSA) is 154 Å². The van der Waals surface area contributed by atoms with E-state index in [9.17, 15) is 19.7 Å². The van der Waals surface area contributed by atoms with Crippen LogP contribution in [0.5, 0.6) is 11.5 Å². The number of carbonyl (C=O) groups excluding carboxylic acids is 2. The second-order valence-corrected chi connectivity index (χ2v) is 8.66. The highest BCUT2D eigenvalue weighted by molar-refractivity contribution is 7.98. The molecule has 1 amide bonds. The van der Waals surface area contributed by atoms with Crippen LogP contribution < -0.4 is 14.8 Å². The van der Waals surface area contributed by atoms with Gasteiger partial charge in [0.15, 0.2) is 24.1 Å². The summed E-state index contributed by atoms with van der Waals surface area (Å²) in [6.07, 6.45) is 0.210. The van der Waals surface area contributed by atoms with Crippen LogP contribution in [-0.4, -0.2) is 88.6 Å². The second-order valence-electron chi connectivity index (χ2n) is 7.63. The van der Waals surface area contributed by atoms with Crippen molar-refractivity contribution in [3.63, 3.8) is 0 Å². The van der Waals surface area contributed by atoms with E-state index in [0.29, 0.717) is 31.1 Å². The first-order chi connectivity index (χ1) is 18.0. The van der Waals surface area contributed by atoms with Crippen LogP contribution in [0.3, 0.4) is 0 Å². The molecule has 1 aromatic rings. The van der Waals surface area contributed by atoms with E-state index >= 15 is 0 Å². The predicted molar refractivity (Wildman–Crippen MR) is 133 cm³/mol. The zero-order valence-electron chi connectivity index (χ0n) is 21.1. The van der Waals surface area contributed by atoms with Crippen molar-refractivity contribution in [2.24, 2.45) is 0 Å². The number of ether oxygens (including phenoxy) is 5. The smallest absolute Gasteiger partial charge is 0.277 e. The number of Topliss-reactive ketones (excluding diaryl/α,β-unsaturated/α-hetero) is 1. The lowest BCUT2D eigenvalue weighted by atomic mass is 10.1.